The van der Waals surface area contributed by atoms with Crippen molar-refractivity contribution < 1.29 is 13.9 Å². The molecule has 4 aromatic rings. The van der Waals surface area contributed by atoms with Crippen molar-refractivity contribution in [3.8, 4) is 28.7 Å². The highest BCUT2D eigenvalue weighted by Gasteiger charge is 2.32. The van der Waals surface area contributed by atoms with Crippen LogP contribution in [0.2, 0.25) is 0 Å². The molecule has 1 aliphatic heterocycles. The number of nitriles is 1. The second kappa shape index (κ2) is 11.0. The first-order valence-electron chi connectivity index (χ1n) is 13.7. The zero-order chi connectivity index (χ0) is 28.5. The summed E-state index contributed by atoms with van der Waals surface area (Å²) in [6.07, 6.45) is 8.10. The van der Waals surface area contributed by atoms with Crippen LogP contribution in [0.4, 0.5) is 10.2 Å². The van der Waals surface area contributed by atoms with E-state index in [1.165, 1.54) is 31.3 Å². The highest BCUT2D eigenvalue weighted by molar-refractivity contribution is 6.03. The third kappa shape index (κ3) is 5.36. The normalized spacial score (nSPS) is 17.0. The molecule has 9 nitrogen and oxygen atoms in total. The van der Waals surface area contributed by atoms with Gasteiger partial charge in [-0.2, -0.15) is 5.26 Å². The van der Waals surface area contributed by atoms with Crippen LogP contribution in [-0.4, -0.2) is 63.0 Å². The Labute approximate surface area is 237 Å². The number of ether oxygens (including phenoxy) is 1. The van der Waals surface area contributed by atoms with Crippen molar-refractivity contribution in [2.24, 2.45) is 0 Å². The number of nitrogen functional groups attached to an aromatic ring is 1. The highest BCUT2D eigenvalue weighted by atomic mass is 19.1. The van der Waals surface area contributed by atoms with Gasteiger partial charge in [0.05, 0.1) is 11.4 Å². The summed E-state index contributed by atoms with van der Waals surface area (Å²) in [6.45, 7) is 1.79. The van der Waals surface area contributed by atoms with E-state index in [0.717, 1.165) is 12.1 Å². The molecule has 0 spiro atoms. The van der Waals surface area contributed by atoms with Gasteiger partial charge in [0.15, 0.2) is 0 Å². The van der Waals surface area contributed by atoms with Gasteiger partial charge in [-0.15, -0.1) is 0 Å². The fraction of sp³-hybridized carbons (Fsp3) is 0.290. The number of carbonyl (C=O) groups excluding carboxylic acids is 1. The molecule has 1 aliphatic carbocycles. The average molecular weight is 552 g/mol. The summed E-state index contributed by atoms with van der Waals surface area (Å²) in [5.41, 5.74) is 8.69. The van der Waals surface area contributed by atoms with Gasteiger partial charge in [-0.05, 0) is 56.1 Å². The molecule has 1 amide bonds. The van der Waals surface area contributed by atoms with Crippen LogP contribution in [0, 0.1) is 17.1 Å². The summed E-state index contributed by atoms with van der Waals surface area (Å²) in [5.74, 6) is 0.760. The van der Waals surface area contributed by atoms with Crippen LogP contribution in [0.3, 0.4) is 0 Å². The molecule has 2 fully saturated rings. The van der Waals surface area contributed by atoms with Gasteiger partial charge in [0.25, 0.3) is 0 Å². The number of anilines is 1. The van der Waals surface area contributed by atoms with E-state index < -0.39 is 0 Å². The first-order valence-corrected chi connectivity index (χ1v) is 13.7. The van der Waals surface area contributed by atoms with Crippen LogP contribution in [0.5, 0.6) is 11.5 Å². The number of nitrogens with zero attached hydrogens (tertiary/aromatic N) is 6. The first-order chi connectivity index (χ1) is 19.9. The van der Waals surface area contributed by atoms with E-state index in [-0.39, 0.29) is 23.6 Å². The maximum absolute atomic E-state index is 13.6. The Kier molecular flexibility index (Phi) is 7.12. The molecule has 2 aromatic carbocycles. The van der Waals surface area contributed by atoms with Gasteiger partial charge >= 0.3 is 0 Å². The van der Waals surface area contributed by atoms with E-state index in [1.807, 2.05) is 27.7 Å². The van der Waals surface area contributed by atoms with Gasteiger partial charge in [0.2, 0.25) is 5.91 Å². The second-order valence-corrected chi connectivity index (χ2v) is 10.5. The molecular formula is C31H30FN7O2. The maximum atomic E-state index is 13.6. The van der Waals surface area contributed by atoms with Crippen molar-refractivity contribution in [2.45, 2.75) is 31.3 Å². The SMILES string of the molecule is CN(C/C=C/C(=O)N1CCC(n2c(C#N)c(-c3ccc(Oc4cccc(F)c4)cc3)c3c(N)ncnc32)C1)C1CC1. The van der Waals surface area contributed by atoms with Crippen LogP contribution in [-0.2, 0) is 4.79 Å². The minimum atomic E-state index is -0.384. The van der Waals surface area contributed by atoms with E-state index in [0.29, 0.717) is 59.3 Å². The molecule has 10 heteroatoms. The molecule has 1 unspecified atom stereocenters. The maximum Gasteiger partial charge on any atom is 0.246 e. The number of aromatic nitrogens is 3. The Morgan fingerprint density at radius 1 is 1.20 bits per heavy atom. The van der Waals surface area contributed by atoms with E-state index in [9.17, 15) is 14.4 Å². The zero-order valence-electron chi connectivity index (χ0n) is 22.7. The molecule has 0 radical (unpaired) electrons. The third-order valence-corrected chi connectivity index (χ3v) is 7.76. The smallest absolute Gasteiger partial charge is 0.246 e. The molecule has 0 bridgehead atoms. The Morgan fingerprint density at radius 2 is 2.00 bits per heavy atom. The minimum Gasteiger partial charge on any atom is -0.457 e. The fourth-order valence-corrected chi connectivity index (χ4v) is 5.50. The number of hydrogen-bond acceptors (Lipinski definition) is 7. The number of hydrogen-bond donors (Lipinski definition) is 1. The molecule has 1 saturated carbocycles. The topological polar surface area (TPSA) is 113 Å². The minimum absolute atomic E-state index is 0.0325. The Balaban J connectivity index is 1.28. The number of fused-ring (bicyclic) bond motifs is 1. The molecule has 2 aromatic heterocycles. The molecule has 2 N–H and O–H groups in total. The van der Waals surface area contributed by atoms with Gasteiger partial charge in [-0.3, -0.25) is 9.69 Å². The van der Waals surface area contributed by atoms with E-state index in [4.69, 9.17) is 10.5 Å². The van der Waals surface area contributed by atoms with Crippen LogP contribution in [0.1, 0.15) is 31.0 Å². The predicted octanol–water partition coefficient (Wildman–Crippen LogP) is 4.91. The van der Waals surface area contributed by atoms with Crippen LogP contribution in [0.25, 0.3) is 22.2 Å². The van der Waals surface area contributed by atoms with Gasteiger partial charge in [-0.1, -0.05) is 24.3 Å². The van der Waals surface area contributed by atoms with Crippen molar-refractivity contribution >= 4 is 22.8 Å². The first kappa shape index (κ1) is 26.5. The number of benzene rings is 2. The van der Waals surface area contributed by atoms with E-state index in [1.54, 1.807) is 30.3 Å². The molecular weight excluding hydrogens is 521 g/mol. The summed E-state index contributed by atoms with van der Waals surface area (Å²) in [5, 5.41) is 11.0. The van der Waals surface area contributed by atoms with E-state index >= 15 is 0 Å². The lowest BCUT2D eigenvalue weighted by atomic mass is 10.0. The number of amides is 1. The van der Waals surface area contributed by atoms with Crippen molar-refractivity contribution in [1.29, 1.82) is 5.26 Å². The van der Waals surface area contributed by atoms with Crippen molar-refractivity contribution in [3.05, 3.63) is 78.5 Å². The molecule has 6 rings (SSSR count). The van der Waals surface area contributed by atoms with Gasteiger partial charge in [-0.25, -0.2) is 14.4 Å². The summed E-state index contributed by atoms with van der Waals surface area (Å²) in [7, 11) is 2.08. The number of carbonyl (C=O) groups is 1. The van der Waals surface area contributed by atoms with Gasteiger partial charge < -0.3 is 19.9 Å². The van der Waals surface area contributed by atoms with Crippen molar-refractivity contribution in [3.63, 3.8) is 0 Å². The van der Waals surface area contributed by atoms with Crippen LogP contribution >= 0.6 is 0 Å². The Bertz CT molecular complexity index is 1670. The largest absolute Gasteiger partial charge is 0.457 e. The number of likely N-dealkylation sites (tertiary alicyclic amines) is 1. The van der Waals surface area contributed by atoms with Crippen LogP contribution < -0.4 is 10.5 Å². The summed E-state index contributed by atoms with van der Waals surface area (Å²) in [4.78, 5) is 25.7. The predicted molar refractivity (Wildman–Crippen MR) is 154 cm³/mol. The summed E-state index contributed by atoms with van der Waals surface area (Å²) >= 11 is 0. The van der Waals surface area contributed by atoms with Crippen molar-refractivity contribution in [2.75, 3.05) is 32.4 Å². The van der Waals surface area contributed by atoms with E-state index in [2.05, 4.69) is 28.0 Å². The number of halogens is 1. The number of nitrogens with two attached hydrogens (primary N) is 1. The molecule has 2 aliphatic rings. The Morgan fingerprint density at radius 3 is 2.73 bits per heavy atom. The molecule has 208 valence electrons. The zero-order valence-corrected chi connectivity index (χ0v) is 22.7. The summed E-state index contributed by atoms with van der Waals surface area (Å²) < 4.78 is 21.3. The average Bonchev–Trinajstić information content (AvgIpc) is 3.61. The van der Waals surface area contributed by atoms with Crippen LogP contribution in [0.15, 0.2) is 67.0 Å². The van der Waals surface area contributed by atoms with Crippen molar-refractivity contribution in [1.82, 2.24) is 24.3 Å². The highest BCUT2D eigenvalue weighted by Crippen LogP contribution is 2.40. The van der Waals surface area contributed by atoms with Gasteiger partial charge in [0, 0.05) is 43.4 Å². The fourth-order valence-electron chi connectivity index (χ4n) is 5.50. The second-order valence-electron chi connectivity index (χ2n) is 10.5. The monoisotopic (exact) mass is 551 g/mol. The molecule has 1 atom stereocenters. The third-order valence-electron chi connectivity index (χ3n) is 7.76. The Hall–Kier alpha value is -4.75. The summed E-state index contributed by atoms with van der Waals surface area (Å²) in [6, 6.07) is 16.0. The molecule has 3 heterocycles. The lowest BCUT2D eigenvalue weighted by molar-refractivity contribution is -0.125. The molecule has 1 saturated heterocycles. The lowest BCUT2D eigenvalue weighted by Crippen LogP contribution is -2.28. The van der Waals surface area contributed by atoms with Gasteiger partial charge in [0.1, 0.15) is 46.9 Å². The molecule has 41 heavy (non-hydrogen) atoms. The standard InChI is InChI=1S/C31H30FN7O2/c1-37(22-9-10-22)14-3-6-27(40)38-15-13-23(18-38)39-26(17-33)28(29-30(34)35-19-36-31(29)39)20-7-11-24(12-8-20)41-25-5-2-4-21(32)16-25/h2-8,11-12,16,19,22-23H,9-10,13-15,18H2,1H3,(H2,34,35,36)/b6-3+. The number of likely N-dealkylation sites (N-methyl/N-ethyl adjacent to an activating group) is 1. The number of rotatable bonds is 8. The quantitative estimate of drug-likeness (QED) is 0.310. The lowest BCUT2D eigenvalue weighted by Gasteiger charge is -2.17.